The van der Waals surface area contributed by atoms with Crippen LogP contribution in [0.5, 0.6) is 0 Å². The second-order valence-corrected chi connectivity index (χ2v) is 3.83. The van der Waals surface area contributed by atoms with E-state index in [-0.39, 0.29) is 0 Å². The molecule has 72 valence electrons. The highest BCUT2D eigenvalue weighted by Crippen LogP contribution is 2.24. The molecule has 0 atom stereocenters. The van der Waals surface area contributed by atoms with E-state index >= 15 is 0 Å². The number of thioether (sulfide) groups is 1. The van der Waals surface area contributed by atoms with Gasteiger partial charge in [0, 0.05) is 17.1 Å². The smallest absolute Gasteiger partial charge is 0.0478 e. The van der Waals surface area contributed by atoms with E-state index in [4.69, 9.17) is 0 Å². The molecular formula is C11H17NS. The predicted molar refractivity (Wildman–Crippen MR) is 61.6 cm³/mol. The highest BCUT2D eigenvalue weighted by atomic mass is 32.2. The zero-order chi connectivity index (χ0) is 9.52. The van der Waals surface area contributed by atoms with Crippen molar-refractivity contribution in [2.45, 2.75) is 24.7 Å². The van der Waals surface area contributed by atoms with Gasteiger partial charge in [0.2, 0.25) is 0 Å². The molecule has 0 fully saturated rings. The van der Waals surface area contributed by atoms with Gasteiger partial charge in [-0.15, -0.1) is 11.8 Å². The lowest BCUT2D eigenvalue weighted by Crippen LogP contribution is -2.01. The zero-order valence-corrected chi connectivity index (χ0v) is 9.16. The van der Waals surface area contributed by atoms with Crippen LogP contribution in [0, 0.1) is 0 Å². The fraction of sp³-hybridized carbons (Fsp3) is 0.455. The van der Waals surface area contributed by atoms with E-state index in [0.29, 0.717) is 0 Å². The van der Waals surface area contributed by atoms with Gasteiger partial charge in [-0.3, -0.25) is 0 Å². The number of benzene rings is 1. The normalized spacial score (nSPS) is 10.0. The van der Waals surface area contributed by atoms with E-state index in [1.165, 1.54) is 23.4 Å². The minimum Gasteiger partial charge on any atom is -0.384 e. The summed E-state index contributed by atoms with van der Waals surface area (Å²) in [7, 11) is 0. The Balaban J connectivity index is 2.54. The average molecular weight is 195 g/mol. The van der Waals surface area contributed by atoms with Gasteiger partial charge in [-0.1, -0.05) is 25.5 Å². The molecular weight excluding hydrogens is 178 g/mol. The van der Waals surface area contributed by atoms with Crippen molar-refractivity contribution in [3.8, 4) is 0 Å². The molecule has 0 saturated heterocycles. The molecule has 0 bridgehead atoms. The van der Waals surface area contributed by atoms with E-state index in [1.54, 1.807) is 11.8 Å². The maximum atomic E-state index is 3.44. The largest absolute Gasteiger partial charge is 0.384 e. The summed E-state index contributed by atoms with van der Waals surface area (Å²) in [6.45, 7) is 3.29. The van der Waals surface area contributed by atoms with Crippen molar-refractivity contribution >= 4 is 17.4 Å². The number of hydrogen-bond acceptors (Lipinski definition) is 2. The average Bonchev–Trinajstić information content (AvgIpc) is 2.19. The van der Waals surface area contributed by atoms with Gasteiger partial charge >= 0.3 is 0 Å². The maximum Gasteiger partial charge on any atom is 0.0478 e. The van der Waals surface area contributed by atoms with E-state index in [0.717, 1.165) is 6.54 Å². The number of unbranched alkanes of at least 4 members (excludes halogenated alkanes) is 1. The number of hydrogen-bond donors (Lipinski definition) is 1. The quantitative estimate of drug-likeness (QED) is 0.569. The molecule has 0 unspecified atom stereocenters. The number of nitrogens with one attached hydrogen (secondary N) is 1. The first kappa shape index (κ1) is 10.5. The molecule has 13 heavy (non-hydrogen) atoms. The van der Waals surface area contributed by atoms with Crippen molar-refractivity contribution in [3.63, 3.8) is 0 Å². The molecule has 0 heterocycles. The van der Waals surface area contributed by atoms with Gasteiger partial charge in [0.05, 0.1) is 0 Å². The third kappa shape index (κ3) is 3.31. The van der Waals surface area contributed by atoms with Crippen LogP contribution >= 0.6 is 11.8 Å². The predicted octanol–water partition coefficient (Wildman–Crippen LogP) is 3.62. The van der Waals surface area contributed by atoms with Crippen molar-refractivity contribution in [2.24, 2.45) is 0 Å². The fourth-order valence-corrected chi connectivity index (χ4v) is 1.77. The first-order chi connectivity index (χ1) is 6.38. The lowest BCUT2D eigenvalue weighted by molar-refractivity contribution is 0.832. The Hall–Kier alpha value is -0.630. The molecule has 0 aliphatic rings. The summed E-state index contributed by atoms with van der Waals surface area (Å²) >= 11 is 1.79. The molecule has 0 aromatic heterocycles. The van der Waals surface area contributed by atoms with E-state index in [2.05, 4.69) is 42.8 Å². The van der Waals surface area contributed by atoms with E-state index in [9.17, 15) is 0 Å². The van der Waals surface area contributed by atoms with E-state index < -0.39 is 0 Å². The summed E-state index contributed by atoms with van der Waals surface area (Å²) in [5, 5.41) is 3.44. The second kappa shape index (κ2) is 5.92. The molecule has 1 nitrogen and oxygen atoms in total. The van der Waals surface area contributed by atoms with Crippen LogP contribution in [0.25, 0.3) is 0 Å². The fourth-order valence-electron chi connectivity index (χ4n) is 1.19. The van der Waals surface area contributed by atoms with Crippen LogP contribution in [-0.4, -0.2) is 12.8 Å². The first-order valence-corrected chi connectivity index (χ1v) is 5.98. The summed E-state index contributed by atoms with van der Waals surface area (Å²) in [5.74, 6) is 0. The summed E-state index contributed by atoms with van der Waals surface area (Å²) in [6.07, 6.45) is 4.59. The molecule has 0 radical (unpaired) electrons. The molecule has 0 aliphatic heterocycles. The third-order valence-corrected chi connectivity index (χ3v) is 2.75. The van der Waals surface area contributed by atoms with Crippen molar-refractivity contribution in [3.05, 3.63) is 24.3 Å². The zero-order valence-electron chi connectivity index (χ0n) is 8.34. The van der Waals surface area contributed by atoms with E-state index in [1.807, 2.05) is 0 Å². The summed E-state index contributed by atoms with van der Waals surface area (Å²) in [5.41, 5.74) is 1.27. The summed E-state index contributed by atoms with van der Waals surface area (Å²) in [4.78, 5) is 1.33. The van der Waals surface area contributed by atoms with Gasteiger partial charge in [-0.25, -0.2) is 0 Å². The van der Waals surface area contributed by atoms with Gasteiger partial charge in [0.25, 0.3) is 0 Å². The minimum absolute atomic E-state index is 1.08. The van der Waals surface area contributed by atoms with Crippen LogP contribution in [-0.2, 0) is 0 Å². The Morgan fingerprint density at radius 2 is 2.08 bits per heavy atom. The van der Waals surface area contributed by atoms with Gasteiger partial charge in [0.15, 0.2) is 0 Å². The van der Waals surface area contributed by atoms with Crippen LogP contribution in [0.1, 0.15) is 19.8 Å². The molecule has 1 N–H and O–H groups in total. The van der Waals surface area contributed by atoms with Gasteiger partial charge in [-0.05, 0) is 24.8 Å². The monoisotopic (exact) mass is 195 g/mol. The number of rotatable bonds is 5. The molecule has 0 aliphatic carbocycles. The number of para-hydroxylation sites is 1. The molecule has 1 rings (SSSR count). The molecule has 0 saturated carbocycles. The number of anilines is 1. The standard InChI is InChI=1S/C11H17NS/c1-3-4-9-12-10-7-5-6-8-11(10)13-2/h5-8,12H,3-4,9H2,1-2H3. The summed E-state index contributed by atoms with van der Waals surface area (Å²) in [6, 6.07) is 8.45. The SMILES string of the molecule is CCCCNc1ccccc1SC. The molecule has 1 aromatic carbocycles. The first-order valence-electron chi connectivity index (χ1n) is 4.75. The van der Waals surface area contributed by atoms with Gasteiger partial charge in [-0.2, -0.15) is 0 Å². The molecule has 2 heteroatoms. The molecule has 0 amide bonds. The third-order valence-electron chi connectivity index (χ3n) is 1.95. The van der Waals surface area contributed by atoms with Crippen LogP contribution in [0.15, 0.2) is 29.2 Å². The lowest BCUT2D eigenvalue weighted by atomic mass is 10.3. The Bertz CT molecular complexity index is 248. The van der Waals surface area contributed by atoms with Gasteiger partial charge in [0.1, 0.15) is 0 Å². The Kier molecular flexibility index (Phi) is 4.76. The maximum absolute atomic E-state index is 3.44. The summed E-state index contributed by atoms with van der Waals surface area (Å²) < 4.78 is 0. The highest BCUT2D eigenvalue weighted by molar-refractivity contribution is 7.98. The van der Waals surface area contributed by atoms with Crippen molar-refractivity contribution in [1.82, 2.24) is 0 Å². The van der Waals surface area contributed by atoms with Crippen LogP contribution < -0.4 is 5.32 Å². The minimum atomic E-state index is 1.08. The molecule has 0 spiro atoms. The molecule has 1 aromatic rings. The Labute approximate surface area is 84.9 Å². The Morgan fingerprint density at radius 3 is 2.77 bits per heavy atom. The second-order valence-electron chi connectivity index (χ2n) is 2.98. The topological polar surface area (TPSA) is 12.0 Å². The van der Waals surface area contributed by atoms with Crippen molar-refractivity contribution < 1.29 is 0 Å². The van der Waals surface area contributed by atoms with Crippen LogP contribution in [0.4, 0.5) is 5.69 Å². The highest BCUT2D eigenvalue weighted by Gasteiger charge is 1.97. The van der Waals surface area contributed by atoms with Crippen LogP contribution in [0.3, 0.4) is 0 Å². The Morgan fingerprint density at radius 1 is 1.31 bits per heavy atom. The van der Waals surface area contributed by atoms with Gasteiger partial charge < -0.3 is 5.32 Å². The van der Waals surface area contributed by atoms with Crippen LogP contribution in [0.2, 0.25) is 0 Å². The van der Waals surface area contributed by atoms with Crippen molar-refractivity contribution in [2.75, 3.05) is 18.1 Å². The lowest BCUT2D eigenvalue weighted by Gasteiger charge is -2.09. The van der Waals surface area contributed by atoms with Crippen molar-refractivity contribution in [1.29, 1.82) is 0 Å².